The zero-order valence-corrected chi connectivity index (χ0v) is 13.4. The molecule has 0 radical (unpaired) electrons. The summed E-state index contributed by atoms with van der Waals surface area (Å²) in [5.74, 6) is 0. The minimum Gasteiger partial charge on any atom is -0.394 e. The summed E-state index contributed by atoms with van der Waals surface area (Å²) in [4.78, 5) is 4.89. The van der Waals surface area contributed by atoms with Crippen molar-refractivity contribution in [2.24, 2.45) is 0 Å². The van der Waals surface area contributed by atoms with Gasteiger partial charge in [-0.2, -0.15) is 0 Å². The van der Waals surface area contributed by atoms with Gasteiger partial charge < -0.3 is 15.3 Å². The van der Waals surface area contributed by atoms with Crippen LogP contribution < -0.4 is 5.32 Å². The molecular weight excluding hydrogens is 238 g/mol. The van der Waals surface area contributed by atoms with Crippen molar-refractivity contribution in [1.29, 1.82) is 0 Å². The zero-order valence-electron chi connectivity index (χ0n) is 13.4. The third kappa shape index (κ3) is 5.03. The maximum Gasteiger partial charge on any atom is 0.0611 e. The first-order valence-electron chi connectivity index (χ1n) is 7.68. The molecule has 0 saturated carbocycles. The summed E-state index contributed by atoms with van der Waals surface area (Å²) in [5, 5.41) is 13.2. The van der Waals surface area contributed by atoms with Crippen molar-refractivity contribution in [3.05, 3.63) is 0 Å². The number of aliphatic hydroxyl groups excluding tert-OH is 1. The van der Waals surface area contributed by atoms with E-state index in [-0.39, 0.29) is 12.1 Å². The van der Waals surface area contributed by atoms with Crippen molar-refractivity contribution in [1.82, 2.24) is 15.1 Å². The van der Waals surface area contributed by atoms with Gasteiger partial charge in [-0.25, -0.2) is 0 Å². The average molecular weight is 271 g/mol. The largest absolute Gasteiger partial charge is 0.394 e. The molecule has 1 heterocycles. The molecule has 0 bridgehead atoms. The molecule has 0 aromatic carbocycles. The number of nitrogens with one attached hydrogen (secondary N) is 1. The standard InChI is InChI=1S/C15H33N3O/c1-6-8-16-15(3,12-19)10-13(2)18-9-7-14(11-18)17(4)5/h13-14,16,19H,6-12H2,1-5H3. The molecule has 1 aliphatic heterocycles. The molecular formula is C15H33N3O. The first kappa shape index (κ1) is 16.9. The fourth-order valence-corrected chi connectivity index (χ4v) is 2.99. The third-order valence-corrected chi connectivity index (χ3v) is 4.45. The Morgan fingerprint density at radius 3 is 2.63 bits per heavy atom. The Morgan fingerprint density at radius 2 is 2.16 bits per heavy atom. The topological polar surface area (TPSA) is 38.7 Å². The van der Waals surface area contributed by atoms with E-state index in [1.54, 1.807) is 0 Å². The van der Waals surface area contributed by atoms with Gasteiger partial charge in [0.15, 0.2) is 0 Å². The van der Waals surface area contributed by atoms with Gasteiger partial charge in [0.1, 0.15) is 0 Å². The predicted molar refractivity (Wildman–Crippen MR) is 81.5 cm³/mol. The molecule has 4 nitrogen and oxygen atoms in total. The molecule has 0 aromatic heterocycles. The second kappa shape index (κ2) is 7.58. The van der Waals surface area contributed by atoms with Crippen LogP contribution in [0.1, 0.15) is 40.0 Å². The van der Waals surface area contributed by atoms with E-state index in [2.05, 4.69) is 50.0 Å². The van der Waals surface area contributed by atoms with Crippen LogP contribution in [-0.2, 0) is 0 Å². The molecule has 0 aliphatic carbocycles. The molecule has 4 heteroatoms. The number of likely N-dealkylation sites (N-methyl/N-ethyl adjacent to an activating group) is 1. The van der Waals surface area contributed by atoms with Crippen LogP contribution in [0, 0.1) is 0 Å². The van der Waals surface area contributed by atoms with E-state index < -0.39 is 0 Å². The highest BCUT2D eigenvalue weighted by atomic mass is 16.3. The smallest absolute Gasteiger partial charge is 0.0611 e. The van der Waals surface area contributed by atoms with Crippen LogP contribution in [0.3, 0.4) is 0 Å². The number of likely N-dealkylation sites (tertiary alicyclic amines) is 1. The van der Waals surface area contributed by atoms with E-state index in [1.807, 2.05) is 0 Å². The number of aliphatic hydroxyl groups is 1. The van der Waals surface area contributed by atoms with Crippen molar-refractivity contribution in [3.8, 4) is 0 Å². The van der Waals surface area contributed by atoms with Crippen molar-refractivity contribution in [2.45, 2.75) is 57.7 Å². The summed E-state index contributed by atoms with van der Waals surface area (Å²) in [7, 11) is 4.33. The molecule has 0 spiro atoms. The van der Waals surface area contributed by atoms with Gasteiger partial charge in [0, 0.05) is 30.7 Å². The molecule has 19 heavy (non-hydrogen) atoms. The van der Waals surface area contributed by atoms with Crippen LogP contribution in [0.2, 0.25) is 0 Å². The number of nitrogens with zero attached hydrogens (tertiary/aromatic N) is 2. The number of rotatable bonds is 8. The summed E-state index contributed by atoms with van der Waals surface area (Å²) in [6.45, 7) is 10.1. The normalized spacial score (nSPS) is 25.7. The fraction of sp³-hybridized carbons (Fsp3) is 1.00. The quantitative estimate of drug-likeness (QED) is 0.695. The highest BCUT2D eigenvalue weighted by Crippen LogP contribution is 2.21. The Hall–Kier alpha value is -0.160. The second-order valence-corrected chi connectivity index (χ2v) is 6.60. The minimum atomic E-state index is -0.147. The van der Waals surface area contributed by atoms with Crippen molar-refractivity contribution in [3.63, 3.8) is 0 Å². The third-order valence-electron chi connectivity index (χ3n) is 4.45. The Bertz CT molecular complexity index is 260. The monoisotopic (exact) mass is 271 g/mol. The van der Waals surface area contributed by atoms with E-state index in [9.17, 15) is 5.11 Å². The van der Waals surface area contributed by atoms with Gasteiger partial charge in [-0.1, -0.05) is 6.92 Å². The molecule has 1 aliphatic rings. The predicted octanol–water partition coefficient (Wildman–Crippen LogP) is 1.15. The van der Waals surface area contributed by atoms with E-state index >= 15 is 0 Å². The summed E-state index contributed by atoms with van der Waals surface area (Å²) in [6.07, 6.45) is 3.37. The maximum absolute atomic E-state index is 9.65. The molecule has 1 rings (SSSR count). The lowest BCUT2D eigenvalue weighted by atomic mass is 9.93. The molecule has 2 N–H and O–H groups in total. The van der Waals surface area contributed by atoms with Crippen LogP contribution in [0.25, 0.3) is 0 Å². The molecule has 3 unspecified atom stereocenters. The first-order valence-corrected chi connectivity index (χ1v) is 7.68. The lowest BCUT2D eigenvalue weighted by Crippen LogP contribution is -2.50. The summed E-state index contributed by atoms with van der Waals surface area (Å²) < 4.78 is 0. The molecule has 1 fully saturated rings. The van der Waals surface area contributed by atoms with Gasteiger partial charge in [0.25, 0.3) is 0 Å². The lowest BCUT2D eigenvalue weighted by Gasteiger charge is -2.35. The summed E-state index contributed by atoms with van der Waals surface area (Å²) in [6, 6.07) is 1.21. The second-order valence-electron chi connectivity index (χ2n) is 6.60. The van der Waals surface area contributed by atoms with Gasteiger partial charge in [0.05, 0.1) is 6.61 Å². The van der Waals surface area contributed by atoms with Crippen LogP contribution in [0.15, 0.2) is 0 Å². The molecule has 1 saturated heterocycles. The number of hydrogen-bond donors (Lipinski definition) is 2. The minimum absolute atomic E-state index is 0.147. The van der Waals surface area contributed by atoms with Crippen LogP contribution in [-0.4, -0.2) is 72.9 Å². The van der Waals surface area contributed by atoms with Gasteiger partial charge in [-0.3, -0.25) is 4.90 Å². The molecule has 3 atom stereocenters. The summed E-state index contributed by atoms with van der Waals surface area (Å²) >= 11 is 0. The van der Waals surface area contributed by atoms with Gasteiger partial charge in [-0.05, 0) is 53.8 Å². The number of hydrogen-bond acceptors (Lipinski definition) is 4. The van der Waals surface area contributed by atoms with E-state index in [4.69, 9.17) is 0 Å². The van der Waals surface area contributed by atoms with E-state index in [0.717, 1.165) is 25.9 Å². The van der Waals surface area contributed by atoms with E-state index in [1.165, 1.54) is 13.0 Å². The summed E-state index contributed by atoms with van der Waals surface area (Å²) in [5.41, 5.74) is -0.147. The van der Waals surface area contributed by atoms with Crippen LogP contribution in [0.5, 0.6) is 0 Å². The van der Waals surface area contributed by atoms with Crippen LogP contribution in [0.4, 0.5) is 0 Å². The van der Waals surface area contributed by atoms with E-state index in [0.29, 0.717) is 12.1 Å². The Labute approximate surface area is 119 Å². The molecule has 0 amide bonds. The SMILES string of the molecule is CCCNC(C)(CO)CC(C)N1CCC(N(C)C)C1. The Morgan fingerprint density at radius 1 is 1.47 bits per heavy atom. The first-order chi connectivity index (χ1) is 8.91. The highest BCUT2D eigenvalue weighted by molar-refractivity contribution is 4.90. The zero-order chi connectivity index (χ0) is 14.5. The molecule has 114 valence electrons. The fourth-order valence-electron chi connectivity index (χ4n) is 2.99. The Kier molecular flexibility index (Phi) is 6.74. The maximum atomic E-state index is 9.65. The van der Waals surface area contributed by atoms with Gasteiger partial charge >= 0.3 is 0 Å². The highest BCUT2D eigenvalue weighted by Gasteiger charge is 2.32. The average Bonchev–Trinajstić information content (AvgIpc) is 2.86. The lowest BCUT2D eigenvalue weighted by molar-refractivity contribution is 0.122. The Balaban J connectivity index is 2.47. The van der Waals surface area contributed by atoms with Crippen molar-refractivity contribution in [2.75, 3.05) is 40.3 Å². The van der Waals surface area contributed by atoms with Crippen LogP contribution >= 0.6 is 0 Å². The van der Waals surface area contributed by atoms with Gasteiger partial charge in [0.2, 0.25) is 0 Å². The van der Waals surface area contributed by atoms with Crippen molar-refractivity contribution >= 4 is 0 Å². The van der Waals surface area contributed by atoms with Gasteiger partial charge in [-0.15, -0.1) is 0 Å². The molecule has 0 aromatic rings. The van der Waals surface area contributed by atoms with Crippen molar-refractivity contribution < 1.29 is 5.11 Å².